The summed E-state index contributed by atoms with van der Waals surface area (Å²) >= 11 is 0. The van der Waals surface area contributed by atoms with Gasteiger partial charge in [0, 0.05) is 41.6 Å². The number of fused-ring (bicyclic) bond motifs is 1. The number of aryl methyl sites for hydroxylation is 1. The first kappa shape index (κ1) is 24.9. The lowest BCUT2D eigenvalue weighted by Crippen LogP contribution is -2.19. The Labute approximate surface area is 215 Å². The van der Waals surface area contributed by atoms with Crippen molar-refractivity contribution in [2.24, 2.45) is 0 Å². The van der Waals surface area contributed by atoms with Crippen LogP contribution in [-0.2, 0) is 16.1 Å². The van der Waals surface area contributed by atoms with Crippen LogP contribution in [0.5, 0.6) is 0 Å². The van der Waals surface area contributed by atoms with Crippen molar-refractivity contribution in [3.8, 4) is 11.3 Å². The molecule has 7 nitrogen and oxygen atoms in total. The highest BCUT2D eigenvalue weighted by Crippen LogP contribution is 2.40. The summed E-state index contributed by atoms with van der Waals surface area (Å²) in [6.45, 7) is -1.27. The molecule has 2 aliphatic rings. The van der Waals surface area contributed by atoms with Crippen molar-refractivity contribution in [3.05, 3.63) is 70.9 Å². The van der Waals surface area contributed by atoms with Gasteiger partial charge in [0.1, 0.15) is 22.8 Å². The molecule has 0 N–H and O–H groups in total. The molecule has 1 saturated carbocycles. The summed E-state index contributed by atoms with van der Waals surface area (Å²) in [5.41, 5.74) is 3.18. The Morgan fingerprint density at radius 1 is 1.11 bits per heavy atom. The standard InChI is InChI=1S/C27H25F4N5O2/c1-14-23(13-38-27(30)31)35-26-22(33-14)10-21(34-25(26)19-5-2-17(28)9-20(19)29)15-6-7-37-24(8-15)16-11-32-36(12-16)18-3-4-18/h2,5,9-12,15,18,24,27H,3-4,6-8,13H2,1H3/t15-,24-/m1/s1. The van der Waals surface area contributed by atoms with Crippen molar-refractivity contribution >= 4 is 11.0 Å². The Hall–Kier alpha value is -3.44. The molecule has 6 rings (SSSR count). The van der Waals surface area contributed by atoms with Gasteiger partial charge in [-0.25, -0.2) is 23.7 Å². The number of pyridine rings is 1. The number of hydrogen-bond acceptors (Lipinski definition) is 6. The monoisotopic (exact) mass is 527 g/mol. The van der Waals surface area contributed by atoms with Crippen LogP contribution in [0.1, 0.15) is 66.4 Å². The minimum atomic E-state index is -2.97. The zero-order valence-electron chi connectivity index (χ0n) is 20.6. The van der Waals surface area contributed by atoms with Gasteiger partial charge in [-0.2, -0.15) is 13.9 Å². The van der Waals surface area contributed by atoms with Gasteiger partial charge in [0.05, 0.1) is 41.9 Å². The molecule has 1 saturated heterocycles. The average molecular weight is 528 g/mol. The summed E-state index contributed by atoms with van der Waals surface area (Å²) in [4.78, 5) is 13.9. The maximum Gasteiger partial charge on any atom is 0.345 e. The number of halogens is 4. The van der Waals surface area contributed by atoms with Gasteiger partial charge in [0.15, 0.2) is 0 Å². The van der Waals surface area contributed by atoms with Gasteiger partial charge in [0.25, 0.3) is 0 Å². The second-order valence-electron chi connectivity index (χ2n) is 9.78. The molecular formula is C27H25F4N5O2. The van der Waals surface area contributed by atoms with E-state index in [4.69, 9.17) is 9.72 Å². The first-order valence-corrected chi connectivity index (χ1v) is 12.5. The molecule has 198 valence electrons. The highest BCUT2D eigenvalue weighted by Gasteiger charge is 2.30. The second-order valence-corrected chi connectivity index (χ2v) is 9.78. The van der Waals surface area contributed by atoms with Crippen LogP contribution in [0.2, 0.25) is 0 Å². The Morgan fingerprint density at radius 3 is 2.71 bits per heavy atom. The van der Waals surface area contributed by atoms with Crippen LogP contribution in [-0.4, -0.2) is 38.0 Å². The maximum absolute atomic E-state index is 14.9. The molecule has 1 aliphatic heterocycles. The fourth-order valence-electron chi connectivity index (χ4n) is 4.91. The predicted octanol–water partition coefficient (Wildman–Crippen LogP) is 6.18. The fourth-order valence-corrected chi connectivity index (χ4v) is 4.91. The van der Waals surface area contributed by atoms with Gasteiger partial charge in [-0.15, -0.1) is 0 Å². The molecule has 4 aromatic rings. The number of aromatic nitrogens is 5. The third-order valence-corrected chi connectivity index (χ3v) is 7.09. The van der Waals surface area contributed by atoms with Crippen molar-refractivity contribution in [2.75, 3.05) is 6.61 Å². The van der Waals surface area contributed by atoms with Crippen LogP contribution >= 0.6 is 0 Å². The van der Waals surface area contributed by atoms with E-state index in [0.29, 0.717) is 42.4 Å². The quantitative estimate of drug-likeness (QED) is 0.267. The highest BCUT2D eigenvalue weighted by atomic mass is 19.3. The first-order chi connectivity index (χ1) is 18.4. The van der Waals surface area contributed by atoms with Crippen molar-refractivity contribution in [1.82, 2.24) is 24.7 Å². The van der Waals surface area contributed by atoms with Gasteiger partial charge >= 0.3 is 6.61 Å². The smallest absolute Gasteiger partial charge is 0.345 e. The molecule has 1 aromatic carbocycles. The SMILES string of the molecule is Cc1nc2cc([C@@H]3CCO[C@@H](c4cnn(C5CC5)c4)C3)nc(-c3ccc(F)cc3F)c2nc1COC(F)F. The topological polar surface area (TPSA) is 75.0 Å². The van der Waals surface area contributed by atoms with E-state index in [0.717, 1.165) is 30.5 Å². The van der Waals surface area contributed by atoms with Crippen LogP contribution in [0.15, 0.2) is 36.7 Å². The molecule has 1 aliphatic carbocycles. The number of rotatable bonds is 7. The Kier molecular flexibility index (Phi) is 6.56. The molecule has 3 aromatic heterocycles. The van der Waals surface area contributed by atoms with Gasteiger partial charge in [-0.05, 0) is 50.8 Å². The maximum atomic E-state index is 14.9. The lowest BCUT2D eigenvalue weighted by Gasteiger charge is -2.29. The molecule has 0 spiro atoms. The summed E-state index contributed by atoms with van der Waals surface area (Å²) < 4.78 is 66.5. The number of nitrogens with zero attached hydrogens (tertiary/aromatic N) is 5. The normalized spacial score (nSPS) is 19.9. The second kappa shape index (κ2) is 10.0. The Morgan fingerprint density at radius 2 is 1.95 bits per heavy atom. The van der Waals surface area contributed by atoms with Crippen LogP contribution in [0.25, 0.3) is 22.3 Å². The molecule has 2 fully saturated rings. The average Bonchev–Trinajstić information content (AvgIpc) is 3.63. The first-order valence-electron chi connectivity index (χ1n) is 12.5. The lowest BCUT2D eigenvalue weighted by molar-refractivity contribution is -0.138. The Balaban J connectivity index is 1.40. The molecule has 4 heterocycles. The minimum Gasteiger partial charge on any atom is -0.373 e. The van der Waals surface area contributed by atoms with Crippen LogP contribution in [0, 0.1) is 18.6 Å². The van der Waals surface area contributed by atoms with E-state index in [1.54, 1.807) is 13.0 Å². The van der Waals surface area contributed by atoms with Gasteiger partial charge in [0.2, 0.25) is 0 Å². The number of hydrogen-bond donors (Lipinski definition) is 0. The molecule has 0 radical (unpaired) electrons. The third-order valence-electron chi connectivity index (χ3n) is 7.09. The summed E-state index contributed by atoms with van der Waals surface area (Å²) in [6.07, 6.45) is 7.33. The minimum absolute atomic E-state index is 0.0198. The number of ether oxygens (including phenoxy) is 2. The molecular weight excluding hydrogens is 502 g/mol. The zero-order chi connectivity index (χ0) is 26.4. The van der Waals surface area contributed by atoms with Gasteiger partial charge in [-0.1, -0.05) is 0 Å². The van der Waals surface area contributed by atoms with Crippen molar-refractivity contribution in [1.29, 1.82) is 0 Å². The molecule has 0 unspecified atom stereocenters. The number of alkyl halides is 2. The number of benzene rings is 1. The summed E-state index contributed by atoms with van der Waals surface area (Å²) in [7, 11) is 0. The van der Waals surface area contributed by atoms with Gasteiger partial charge in [-0.3, -0.25) is 4.68 Å². The van der Waals surface area contributed by atoms with E-state index in [1.807, 2.05) is 17.1 Å². The van der Waals surface area contributed by atoms with Crippen molar-refractivity contribution in [2.45, 2.75) is 63.9 Å². The van der Waals surface area contributed by atoms with E-state index < -0.39 is 24.9 Å². The fraction of sp³-hybridized carbons (Fsp3) is 0.407. The molecule has 38 heavy (non-hydrogen) atoms. The van der Waals surface area contributed by atoms with Crippen molar-refractivity contribution < 1.29 is 27.0 Å². The van der Waals surface area contributed by atoms with Crippen LogP contribution in [0.4, 0.5) is 17.6 Å². The molecule has 11 heteroatoms. The largest absolute Gasteiger partial charge is 0.373 e. The predicted molar refractivity (Wildman–Crippen MR) is 129 cm³/mol. The summed E-state index contributed by atoms with van der Waals surface area (Å²) in [5, 5.41) is 4.48. The van der Waals surface area contributed by atoms with Crippen molar-refractivity contribution in [3.63, 3.8) is 0 Å². The lowest BCUT2D eigenvalue weighted by atomic mass is 9.89. The van der Waals surface area contributed by atoms with E-state index in [2.05, 4.69) is 19.8 Å². The zero-order valence-corrected chi connectivity index (χ0v) is 20.6. The Bertz CT molecular complexity index is 1490. The molecule has 0 amide bonds. The highest BCUT2D eigenvalue weighted by molar-refractivity contribution is 5.89. The van der Waals surface area contributed by atoms with E-state index in [9.17, 15) is 17.6 Å². The van der Waals surface area contributed by atoms with Gasteiger partial charge < -0.3 is 9.47 Å². The van der Waals surface area contributed by atoms with Crippen LogP contribution in [0.3, 0.4) is 0 Å². The molecule has 0 bridgehead atoms. The summed E-state index contributed by atoms with van der Waals surface area (Å²) in [6, 6.07) is 5.49. The van der Waals surface area contributed by atoms with E-state index in [-0.39, 0.29) is 34.5 Å². The van der Waals surface area contributed by atoms with Crippen LogP contribution < -0.4 is 0 Å². The van der Waals surface area contributed by atoms with E-state index in [1.165, 1.54) is 6.07 Å². The molecule has 2 atom stereocenters. The van der Waals surface area contributed by atoms with E-state index >= 15 is 0 Å². The third kappa shape index (κ3) is 5.00. The summed E-state index contributed by atoms with van der Waals surface area (Å²) in [5.74, 6) is -1.55.